The summed E-state index contributed by atoms with van der Waals surface area (Å²) in [5.74, 6) is 3.44. The second-order valence-corrected chi connectivity index (χ2v) is 8.79. The summed E-state index contributed by atoms with van der Waals surface area (Å²) in [5, 5.41) is 14.8. The fraction of sp³-hybridized carbons (Fsp3) is 0.357. The van der Waals surface area contributed by atoms with E-state index in [4.69, 9.17) is 9.84 Å². The van der Waals surface area contributed by atoms with E-state index >= 15 is 0 Å². The highest BCUT2D eigenvalue weighted by Gasteiger charge is 2.29. The number of halogens is 1. The first-order chi connectivity index (χ1) is 18.0. The lowest BCUT2D eigenvalue weighted by Gasteiger charge is -2.34. The standard InChI is InChI=1S/C28H33FN6O2/c1-5-25-20-9-7-10-24(32-22-13-16-34(6-2)18-21(22)29)27(20)33-35(25)15-8-14-31-23-12-11-19(28(36)30-3)17-26(23)37-4/h5,7,9-12,17,21-22,31-32H,1,6,13-14,16,18H2,2-4H3,(H,30,36)/t21-,22+/m0/s1. The van der Waals surface area contributed by atoms with Crippen LogP contribution >= 0.6 is 0 Å². The molecule has 37 heavy (non-hydrogen) atoms. The molecule has 0 aliphatic carbocycles. The smallest absolute Gasteiger partial charge is 0.251 e. The van der Waals surface area contributed by atoms with Gasteiger partial charge in [-0.15, -0.1) is 0 Å². The Balaban J connectivity index is 1.51. The Bertz CT molecular complexity index is 1340. The number of likely N-dealkylation sites (tertiary alicyclic amines) is 1. The lowest BCUT2D eigenvalue weighted by Crippen LogP contribution is -2.47. The van der Waals surface area contributed by atoms with Crippen LogP contribution in [0.25, 0.3) is 17.0 Å². The molecule has 2 atom stereocenters. The SMILES string of the molecule is C=Cc1c2cccc(N[C@@H]3CCN(CC)C[C@@H]3F)c2nn1C#CCNc1ccc(C(=O)NC)cc1OC. The van der Waals surface area contributed by atoms with Crippen LogP contribution in [0.4, 0.5) is 15.8 Å². The summed E-state index contributed by atoms with van der Waals surface area (Å²) in [7, 11) is 3.13. The van der Waals surface area contributed by atoms with Gasteiger partial charge in [-0.05, 0) is 43.3 Å². The van der Waals surface area contributed by atoms with Crippen LogP contribution in [0.2, 0.25) is 0 Å². The number of benzene rings is 2. The number of amides is 1. The fourth-order valence-electron chi connectivity index (χ4n) is 4.52. The highest BCUT2D eigenvalue weighted by molar-refractivity contribution is 5.96. The zero-order chi connectivity index (χ0) is 26.4. The number of nitrogens with one attached hydrogen (secondary N) is 3. The number of rotatable bonds is 8. The molecule has 8 nitrogen and oxygen atoms in total. The number of carbonyl (C=O) groups excluding carboxylic acids is 1. The Morgan fingerprint density at radius 2 is 2.16 bits per heavy atom. The number of alkyl halides is 1. The van der Waals surface area contributed by atoms with E-state index in [2.05, 4.69) is 46.3 Å². The van der Waals surface area contributed by atoms with E-state index in [1.54, 1.807) is 43.1 Å². The van der Waals surface area contributed by atoms with Crippen molar-refractivity contribution < 1.29 is 13.9 Å². The molecule has 194 valence electrons. The van der Waals surface area contributed by atoms with Crippen molar-refractivity contribution in [3.05, 3.63) is 54.2 Å². The molecule has 0 bridgehead atoms. The minimum atomic E-state index is -0.946. The fourth-order valence-corrected chi connectivity index (χ4v) is 4.52. The van der Waals surface area contributed by atoms with E-state index in [1.807, 2.05) is 18.2 Å². The van der Waals surface area contributed by atoms with Gasteiger partial charge in [0.1, 0.15) is 17.4 Å². The predicted molar refractivity (Wildman–Crippen MR) is 147 cm³/mol. The first-order valence-electron chi connectivity index (χ1n) is 12.4. The maximum Gasteiger partial charge on any atom is 0.251 e. The van der Waals surface area contributed by atoms with Crippen molar-refractivity contribution in [3.8, 4) is 17.7 Å². The molecule has 1 amide bonds. The van der Waals surface area contributed by atoms with Gasteiger partial charge >= 0.3 is 0 Å². The maximum absolute atomic E-state index is 14.8. The highest BCUT2D eigenvalue weighted by Crippen LogP contribution is 2.29. The van der Waals surface area contributed by atoms with Gasteiger partial charge in [-0.25, -0.2) is 4.39 Å². The Kier molecular flexibility index (Phi) is 8.31. The minimum Gasteiger partial charge on any atom is -0.495 e. The van der Waals surface area contributed by atoms with E-state index in [1.165, 1.54) is 0 Å². The molecule has 2 aromatic carbocycles. The van der Waals surface area contributed by atoms with Crippen molar-refractivity contribution in [2.75, 3.05) is 51.0 Å². The second kappa shape index (κ2) is 11.8. The lowest BCUT2D eigenvalue weighted by molar-refractivity contribution is 0.0962. The molecule has 0 unspecified atom stereocenters. The minimum absolute atomic E-state index is 0.186. The average Bonchev–Trinajstić information content (AvgIpc) is 3.29. The summed E-state index contributed by atoms with van der Waals surface area (Å²) < 4.78 is 21.8. The number of aromatic nitrogens is 2. The van der Waals surface area contributed by atoms with Gasteiger partial charge in [-0.3, -0.25) is 4.79 Å². The van der Waals surface area contributed by atoms with Crippen molar-refractivity contribution >= 4 is 34.3 Å². The topological polar surface area (TPSA) is 83.5 Å². The number of anilines is 2. The molecule has 3 aromatic rings. The molecule has 1 aliphatic rings. The van der Waals surface area contributed by atoms with Crippen molar-refractivity contribution in [2.45, 2.75) is 25.6 Å². The summed E-state index contributed by atoms with van der Waals surface area (Å²) in [6, 6.07) is 13.8. The van der Waals surface area contributed by atoms with Gasteiger partial charge in [0, 0.05) is 37.1 Å². The first-order valence-corrected chi connectivity index (χ1v) is 12.4. The average molecular weight is 505 g/mol. The zero-order valence-corrected chi connectivity index (χ0v) is 21.5. The van der Waals surface area contributed by atoms with E-state index < -0.39 is 6.17 Å². The molecule has 9 heteroatoms. The molecule has 0 radical (unpaired) electrons. The van der Waals surface area contributed by atoms with Crippen molar-refractivity contribution in [1.29, 1.82) is 0 Å². The van der Waals surface area contributed by atoms with Crippen LogP contribution in [-0.4, -0.2) is 73.1 Å². The molecule has 2 heterocycles. The van der Waals surface area contributed by atoms with Crippen LogP contribution in [-0.2, 0) is 0 Å². The molecular formula is C28H33FN6O2. The molecule has 3 N–H and O–H groups in total. The number of carbonyl (C=O) groups is 1. The van der Waals surface area contributed by atoms with E-state index in [0.29, 0.717) is 24.4 Å². The summed E-state index contributed by atoms with van der Waals surface area (Å²) >= 11 is 0. The summed E-state index contributed by atoms with van der Waals surface area (Å²) in [5.41, 5.74) is 3.53. The van der Waals surface area contributed by atoms with Crippen LogP contribution < -0.4 is 20.7 Å². The second-order valence-electron chi connectivity index (χ2n) is 8.79. The zero-order valence-electron chi connectivity index (χ0n) is 21.5. The molecule has 1 fully saturated rings. The molecule has 0 spiro atoms. The molecule has 1 aliphatic heterocycles. The maximum atomic E-state index is 14.8. The quantitative estimate of drug-likeness (QED) is 0.405. The summed E-state index contributed by atoms with van der Waals surface area (Å²) in [6.45, 7) is 8.49. The molecular weight excluding hydrogens is 471 g/mol. The van der Waals surface area contributed by atoms with Crippen LogP contribution in [0.15, 0.2) is 43.0 Å². The number of ether oxygens (including phenoxy) is 1. The van der Waals surface area contributed by atoms with Crippen molar-refractivity contribution in [3.63, 3.8) is 0 Å². The molecule has 1 saturated heterocycles. The number of hydrogen-bond donors (Lipinski definition) is 3. The van der Waals surface area contributed by atoms with Gasteiger partial charge in [0.2, 0.25) is 0 Å². The van der Waals surface area contributed by atoms with Gasteiger partial charge in [0.05, 0.1) is 36.8 Å². The number of methoxy groups -OCH3 is 1. The van der Waals surface area contributed by atoms with Crippen molar-refractivity contribution in [2.24, 2.45) is 0 Å². The Hall–Kier alpha value is -4.03. The van der Waals surface area contributed by atoms with Gasteiger partial charge in [-0.1, -0.05) is 31.6 Å². The van der Waals surface area contributed by atoms with E-state index in [0.717, 1.165) is 47.5 Å². The number of hydrogen-bond acceptors (Lipinski definition) is 6. The number of piperidine rings is 1. The van der Waals surface area contributed by atoms with Crippen LogP contribution in [0, 0.1) is 12.0 Å². The summed E-state index contributed by atoms with van der Waals surface area (Å²) in [6.07, 6.45) is 1.51. The van der Waals surface area contributed by atoms with Crippen LogP contribution in [0.3, 0.4) is 0 Å². The third-order valence-electron chi connectivity index (χ3n) is 6.59. The molecule has 0 saturated carbocycles. The molecule has 4 rings (SSSR count). The number of fused-ring (bicyclic) bond motifs is 1. The third-order valence-corrected chi connectivity index (χ3v) is 6.59. The monoisotopic (exact) mass is 504 g/mol. The van der Waals surface area contributed by atoms with E-state index in [-0.39, 0.29) is 11.9 Å². The Morgan fingerprint density at radius 3 is 2.86 bits per heavy atom. The lowest BCUT2D eigenvalue weighted by atomic mass is 10.0. The Labute approximate surface area is 216 Å². The predicted octanol–water partition coefficient (Wildman–Crippen LogP) is 3.81. The first kappa shape index (κ1) is 26.0. The van der Waals surface area contributed by atoms with Gasteiger partial charge < -0.3 is 25.6 Å². The largest absolute Gasteiger partial charge is 0.495 e. The van der Waals surface area contributed by atoms with Crippen LogP contribution in [0.5, 0.6) is 5.75 Å². The van der Waals surface area contributed by atoms with Gasteiger partial charge in [0.15, 0.2) is 0 Å². The van der Waals surface area contributed by atoms with Gasteiger partial charge in [0.25, 0.3) is 5.91 Å². The third kappa shape index (κ3) is 5.70. The van der Waals surface area contributed by atoms with Crippen LogP contribution in [0.1, 0.15) is 29.4 Å². The number of nitrogens with zero attached hydrogens (tertiary/aromatic N) is 3. The van der Waals surface area contributed by atoms with Crippen molar-refractivity contribution in [1.82, 2.24) is 20.0 Å². The molecule has 1 aromatic heterocycles. The summed E-state index contributed by atoms with van der Waals surface area (Å²) in [4.78, 5) is 14.0. The normalized spacial score (nSPS) is 17.5. The Morgan fingerprint density at radius 1 is 1.32 bits per heavy atom. The highest BCUT2D eigenvalue weighted by atomic mass is 19.1. The van der Waals surface area contributed by atoms with Gasteiger partial charge in [-0.2, -0.15) is 9.78 Å². The van der Waals surface area contributed by atoms with E-state index in [9.17, 15) is 9.18 Å².